The Morgan fingerprint density at radius 2 is 1.38 bits per heavy atom. The zero-order chi connectivity index (χ0) is 18.4. The number of carbonyl (C=O) groups excluding carboxylic acids is 1. The van der Waals surface area contributed by atoms with Crippen LogP contribution >= 0.6 is 0 Å². The number of aryl methyl sites for hydroxylation is 2. The van der Waals surface area contributed by atoms with Gasteiger partial charge in [0.15, 0.2) is 6.61 Å². The minimum absolute atomic E-state index is 0.00736. The topological polar surface area (TPSA) is 29.5 Å². The summed E-state index contributed by atoms with van der Waals surface area (Å²) in [6.45, 7) is 4.50. The lowest BCUT2D eigenvalue weighted by atomic mass is 10.1. The summed E-state index contributed by atoms with van der Waals surface area (Å²) in [4.78, 5) is 14.7. The molecular weight excluding hydrogens is 322 g/mol. The van der Waals surface area contributed by atoms with Crippen molar-refractivity contribution in [1.29, 1.82) is 0 Å². The fraction of sp³-hybridized carbons (Fsp3) is 0.174. The molecule has 0 aliphatic carbocycles. The number of nitrogens with zero attached hydrogens (tertiary/aromatic N) is 1. The van der Waals surface area contributed by atoms with E-state index in [2.05, 4.69) is 0 Å². The maximum atomic E-state index is 12.9. The third-order valence-corrected chi connectivity index (χ3v) is 4.30. The molecular formula is C23H23NO2. The van der Waals surface area contributed by atoms with Crippen LogP contribution in [0.2, 0.25) is 0 Å². The number of para-hydroxylation sites is 2. The Morgan fingerprint density at radius 1 is 0.808 bits per heavy atom. The molecule has 0 N–H and O–H groups in total. The second kappa shape index (κ2) is 8.34. The molecule has 0 radical (unpaired) electrons. The highest BCUT2D eigenvalue weighted by Crippen LogP contribution is 2.23. The average Bonchev–Trinajstić information content (AvgIpc) is 2.67. The van der Waals surface area contributed by atoms with Gasteiger partial charge in [-0.1, -0.05) is 66.7 Å². The van der Waals surface area contributed by atoms with Crippen molar-refractivity contribution in [2.75, 3.05) is 11.5 Å². The molecule has 26 heavy (non-hydrogen) atoms. The molecule has 0 heterocycles. The Hall–Kier alpha value is -3.07. The van der Waals surface area contributed by atoms with Crippen LogP contribution in [0, 0.1) is 13.8 Å². The molecule has 1 amide bonds. The summed E-state index contributed by atoms with van der Waals surface area (Å²) in [5.41, 5.74) is 4.02. The van der Waals surface area contributed by atoms with Crippen molar-refractivity contribution in [2.24, 2.45) is 0 Å². The first-order valence-corrected chi connectivity index (χ1v) is 8.73. The van der Waals surface area contributed by atoms with Gasteiger partial charge in [0.1, 0.15) is 5.75 Å². The van der Waals surface area contributed by atoms with Gasteiger partial charge in [-0.05, 0) is 42.7 Å². The standard InChI is InChI=1S/C23H23NO2/c1-18-10-9-11-19(2)23(18)26-17-22(25)24(21-14-7-4-8-15-21)16-20-12-5-3-6-13-20/h3-15H,16-17H2,1-2H3. The van der Waals surface area contributed by atoms with Gasteiger partial charge in [0.25, 0.3) is 5.91 Å². The number of ether oxygens (including phenoxy) is 1. The molecule has 0 aliphatic heterocycles. The molecule has 3 nitrogen and oxygen atoms in total. The van der Waals surface area contributed by atoms with Crippen LogP contribution in [-0.4, -0.2) is 12.5 Å². The van der Waals surface area contributed by atoms with Crippen LogP contribution in [-0.2, 0) is 11.3 Å². The van der Waals surface area contributed by atoms with Crippen LogP contribution in [0.1, 0.15) is 16.7 Å². The Kier molecular flexibility index (Phi) is 5.69. The van der Waals surface area contributed by atoms with Crippen molar-refractivity contribution in [3.8, 4) is 5.75 Å². The van der Waals surface area contributed by atoms with E-state index in [9.17, 15) is 4.79 Å². The molecule has 0 atom stereocenters. The summed E-state index contributed by atoms with van der Waals surface area (Å²) in [7, 11) is 0. The summed E-state index contributed by atoms with van der Waals surface area (Å²) >= 11 is 0. The van der Waals surface area contributed by atoms with Crippen molar-refractivity contribution >= 4 is 11.6 Å². The molecule has 132 valence electrons. The van der Waals surface area contributed by atoms with Gasteiger partial charge in [-0.3, -0.25) is 4.79 Å². The molecule has 0 saturated heterocycles. The van der Waals surface area contributed by atoms with Gasteiger partial charge in [0, 0.05) is 5.69 Å². The molecule has 0 aromatic heterocycles. The Balaban J connectivity index is 1.79. The predicted molar refractivity (Wildman–Crippen MR) is 105 cm³/mol. The Bertz CT molecular complexity index is 840. The highest BCUT2D eigenvalue weighted by molar-refractivity contribution is 5.94. The molecule has 3 heteroatoms. The van der Waals surface area contributed by atoms with Gasteiger partial charge in [0.2, 0.25) is 0 Å². The van der Waals surface area contributed by atoms with E-state index in [1.54, 1.807) is 4.90 Å². The van der Waals surface area contributed by atoms with Crippen molar-refractivity contribution < 1.29 is 9.53 Å². The lowest BCUT2D eigenvalue weighted by molar-refractivity contribution is -0.120. The first kappa shape index (κ1) is 17.7. The first-order chi connectivity index (χ1) is 12.6. The number of benzene rings is 3. The van der Waals surface area contributed by atoms with Crippen LogP contribution < -0.4 is 9.64 Å². The van der Waals surface area contributed by atoms with E-state index in [0.29, 0.717) is 6.54 Å². The van der Waals surface area contributed by atoms with Crippen LogP contribution in [0.15, 0.2) is 78.9 Å². The number of hydrogen-bond donors (Lipinski definition) is 0. The number of rotatable bonds is 6. The maximum Gasteiger partial charge on any atom is 0.265 e. The van der Waals surface area contributed by atoms with E-state index in [1.165, 1.54) is 0 Å². The van der Waals surface area contributed by atoms with E-state index in [4.69, 9.17) is 4.74 Å². The SMILES string of the molecule is Cc1cccc(C)c1OCC(=O)N(Cc1ccccc1)c1ccccc1. The minimum atomic E-state index is -0.0669. The van der Waals surface area contributed by atoms with Gasteiger partial charge < -0.3 is 9.64 Å². The fourth-order valence-electron chi connectivity index (χ4n) is 2.94. The zero-order valence-electron chi connectivity index (χ0n) is 15.2. The van der Waals surface area contributed by atoms with Crippen molar-refractivity contribution in [3.05, 3.63) is 95.6 Å². The summed E-state index contributed by atoms with van der Waals surface area (Å²) < 4.78 is 5.88. The van der Waals surface area contributed by atoms with Gasteiger partial charge in [0.05, 0.1) is 6.54 Å². The molecule has 3 aromatic carbocycles. The van der Waals surface area contributed by atoms with E-state index in [-0.39, 0.29) is 12.5 Å². The Morgan fingerprint density at radius 3 is 2.00 bits per heavy atom. The summed E-state index contributed by atoms with van der Waals surface area (Å²) in [5, 5.41) is 0. The largest absolute Gasteiger partial charge is 0.483 e. The van der Waals surface area contributed by atoms with E-state index in [0.717, 1.165) is 28.1 Å². The highest BCUT2D eigenvalue weighted by atomic mass is 16.5. The molecule has 3 aromatic rings. The van der Waals surface area contributed by atoms with Gasteiger partial charge in [-0.2, -0.15) is 0 Å². The second-order valence-electron chi connectivity index (χ2n) is 6.31. The minimum Gasteiger partial charge on any atom is -0.483 e. The van der Waals surface area contributed by atoms with Crippen LogP contribution in [0.4, 0.5) is 5.69 Å². The van der Waals surface area contributed by atoms with Crippen molar-refractivity contribution in [3.63, 3.8) is 0 Å². The number of hydrogen-bond acceptors (Lipinski definition) is 2. The molecule has 0 spiro atoms. The average molecular weight is 345 g/mol. The van der Waals surface area contributed by atoms with Crippen LogP contribution in [0.5, 0.6) is 5.75 Å². The third kappa shape index (κ3) is 4.31. The van der Waals surface area contributed by atoms with Crippen molar-refractivity contribution in [1.82, 2.24) is 0 Å². The predicted octanol–water partition coefficient (Wildman–Crippen LogP) is 4.92. The molecule has 0 aliphatic rings. The first-order valence-electron chi connectivity index (χ1n) is 8.73. The maximum absolute atomic E-state index is 12.9. The molecule has 0 bridgehead atoms. The normalized spacial score (nSPS) is 10.4. The Labute approximate surface area is 154 Å². The molecule has 3 rings (SSSR count). The van der Waals surface area contributed by atoms with Crippen LogP contribution in [0.25, 0.3) is 0 Å². The number of carbonyl (C=O) groups is 1. The summed E-state index contributed by atoms with van der Waals surface area (Å²) in [6.07, 6.45) is 0. The monoisotopic (exact) mass is 345 g/mol. The quantitative estimate of drug-likeness (QED) is 0.635. The van der Waals surface area contributed by atoms with E-state index < -0.39 is 0 Å². The van der Waals surface area contributed by atoms with Gasteiger partial charge >= 0.3 is 0 Å². The van der Waals surface area contributed by atoms with Gasteiger partial charge in [-0.15, -0.1) is 0 Å². The van der Waals surface area contributed by atoms with Gasteiger partial charge in [-0.25, -0.2) is 0 Å². The number of amides is 1. The third-order valence-electron chi connectivity index (χ3n) is 4.30. The van der Waals surface area contributed by atoms with Crippen LogP contribution in [0.3, 0.4) is 0 Å². The molecule has 0 fully saturated rings. The molecule has 0 saturated carbocycles. The zero-order valence-corrected chi connectivity index (χ0v) is 15.2. The van der Waals surface area contributed by atoms with Crippen molar-refractivity contribution in [2.45, 2.75) is 20.4 Å². The lowest BCUT2D eigenvalue weighted by Gasteiger charge is -2.23. The smallest absolute Gasteiger partial charge is 0.265 e. The molecule has 0 unspecified atom stereocenters. The summed E-state index contributed by atoms with van der Waals surface area (Å²) in [6, 6.07) is 25.7. The lowest BCUT2D eigenvalue weighted by Crippen LogP contribution is -2.34. The second-order valence-corrected chi connectivity index (χ2v) is 6.31. The fourth-order valence-corrected chi connectivity index (χ4v) is 2.94. The highest BCUT2D eigenvalue weighted by Gasteiger charge is 2.17. The van der Waals surface area contributed by atoms with E-state index >= 15 is 0 Å². The van der Waals surface area contributed by atoms with E-state index in [1.807, 2.05) is 92.7 Å². The summed E-state index contributed by atoms with van der Waals surface area (Å²) in [5.74, 6) is 0.719. The number of anilines is 1.